The number of thioether (sulfide) groups is 1. The van der Waals surface area contributed by atoms with Crippen LogP contribution < -0.4 is 4.90 Å². The molecule has 0 radical (unpaired) electrons. The standard InChI is InChI=1S/C18H14F3NO3S/c19-18(20,21)12-5-3-4-11(8-12)10-22-13-6-1-2-7-14(13)26-15(17(22)25)9-16(23)24/h1-8,15H,9-10H2,(H,23,24). The number of hydrogen-bond donors (Lipinski definition) is 1. The molecule has 4 nitrogen and oxygen atoms in total. The molecule has 0 bridgehead atoms. The fourth-order valence-corrected chi connectivity index (χ4v) is 3.97. The molecule has 0 saturated heterocycles. The number of carbonyl (C=O) groups is 2. The van der Waals surface area contributed by atoms with Crippen molar-refractivity contribution in [3.8, 4) is 0 Å². The number of aliphatic carboxylic acids is 1. The Balaban J connectivity index is 1.95. The molecule has 1 amide bonds. The Hall–Kier alpha value is -2.48. The van der Waals surface area contributed by atoms with Gasteiger partial charge in [-0.3, -0.25) is 9.59 Å². The van der Waals surface area contributed by atoms with Crippen LogP contribution in [0.5, 0.6) is 0 Å². The summed E-state index contributed by atoms with van der Waals surface area (Å²) in [5.41, 5.74) is 0.106. The van der Waals surface area contributed by atoms with Gasteiger partial charge in [0, 0.05) is 4.90 Å². The number of carboxylic acids is 1. The van der Waals surface area contributed by atoms with Crippen LogP contribution in [0.15, 0.2) is 53.4 Å². The fourth-order valence-electron chi connectivity index (χ4n) is 2.76. The number of hydrogen-bond acceptors (Lipinski definition) is 3. The van der Waals surface area contributed by atoms with Crippen LogP contribution in [0.2, 0.25) is 0 Å². The Morgan fingerprint density at radius 2 is 1.88 bits per heavy atom. The molecule has 8 heteroatoms. The normalized spacial score (nSPS) is 17.1. The number of amides is 1. The summed E-state index contributed by atoms with van der Waals surface area (Å²) in [4.78, 5) is 25.8. The van der Waals surface area contributed by atoms with Crippen molar-refractivity contribution in [2.24, 2.45) is 0 Å². The summed E-state index contributed by atoms with van der Waals surface area (Å²) in [7, 11) is 0. The van der Waals surface area contributed by atoms with Gasteiger partial charge in [-0.15, -0.1) is 11.8 Å². The van der Waals surface area contributed by atoms with Crippen molar-refractivity contribution in [3.63, 3.8) is 0 Å². The number of alkyl halides is 3. The van der Waals surface area contributed by atoms with E-state index in [1.54, 1.807) is 24.3 Å². The second-order valence-electron chi connectivity index (χ2n) is 5.79. The maximum Gasteiger partial charge on any atom is 0.416 e. The summed E-state index contributed by atoms with van der Waals surface area (Å²) in [6, 6.07) is 11.7. The molecular weight excluding hydrogens is 367 g/mol. The molecule has 1 heterocycles. The van der Waals surface area contributed by atoms with Gasteiger partial charge in [-0.1, -0.05) is 24.3 Å². The lowest BCUT2D eigenvalue weighted by Gasteiger charge is -2.33. The largest absolute Gasteiger partial charge is 0.481 e. The molecule has 0 aromatic heterocycles. The van der Waals surface area contributed by atoms with E-state index in [2.05, 4.69) is 0 Å². The highest BCUT2D eigenvalue weighted by Gasteiger charge is 2.35. The number of benzene rings is 2. The quantitative estimate of drug-likeness (QED) is 0.863. The average molecular weight is 381 g/mol. The third kappa shape index (κ3) is 3.85. The summed E-state index contributed by atoms with van der Waals surface area (Å²) in [6.07, 6.45) is -4.82. The summed E-state index contributed by atoms with van der Waals surface area (Å²) in [6.45, 7) is -0.0591. The smallest absolute Gasteiger partial charge is 0.416 e. The van der Waals surface area contributed by atoms with Crippen LogP contribution >= 0.6 is 11.8 Å². The Bertz CT molecular complexity index is 854. The Morgan fingerprint density at radius 3 is 2.58 bits per heavy atom. The van der Waals surface area contributed by atoms with Gasteiger partial charge in [-0.2, -0.15) is 13.2 Å². The maximum atomic E-state index is 12.9. The predicted octanol–water partition coefficient (Wildman–Crippen LogP) is 4.19. The minimum Gasteiger partial charge on any atom is -0.481 e. The van der Waals surface area contributed by atoms with Gasteiger partial charge in [0.05, 0.1) is 29.5 Å². The lowest BCUT2D eigenvalue weighted by atomic mass is 10.1. The van der Waals surface area contributed by atoms with Crippen LogP contribution in [0.25, 0.3) is 0 Å². The maximum absolute atomic E-state index is 12.9. The van der Waals surface area contributed by atoms with E-state index >= 15 is 0 Å². The van der Waals surface area contributed by atoms with Gasteiger partial charge in [0.25, 0.3) is 0 Å². The number of rotatable bonds is 4. The van der Waals surface area contributed by atoms with Crippen molar-refractivity contribution in [2.45, 2.75) is 29.3 Å². The first-order valence-corrected chi connectivity index (χ1v) is 8.58. The van der Waals surface area contributed by atoms with Gasteiger partial charge >= 0.3 is 12.1 Å². The van der Waals surface area contributed by atoms with Crippen LogP contribution in [0.1, 0.15) is 17.5 Å². The van der Waals surface area contributed by atoms with E-state index < -0.39 is 28.9 Å². The molecule has 1 aliphatic rings. The molecule has 1 N–H and O–H groups in total. The minimum absolute atomic E-state index is 0.0591. The Kier molecular flexibility index (Phi) is 4.95. The summed E-state index contributed by atoms with van der Waals surface area (Å²) in [5, 5.41) is 8.21. The average Bonchev–Trinajstić information content (AvgIpc) is 2.57. The molecule has 0 spiro atoms. The van der Waals surface area contributed by atoms with E-state index in [-0.39, 0.29) is 13.0 Å². The van der Waals surface area contributed by atoms with E-state index in [1.165, 1.54) is 17.0 Å². The van der Waals surface area contributed by atoms with E-state index in [9.17, 15) is 22.8 Å². The molecule has 1 unspecified atom stereocenters. The molecular formula is C18H14F3NO3S. The molecule has 0 aliphatic carbocycles. The number of carbonyl (C=O) groups excluding carboxylic acids is 1. The number of halogens is 3. The first-order valence-electron chi connectivity index (χ1n) is 7.70. The van der Waals surface area contributed by atoms with Crippen LogP contribution in [0, 0.1) is 0 Å². The lowest BCUT2D eigenvalue weighted by Crippen LogP contribution is -2.41. The summed E-state index contributed by atoms with van der Waals surface area (Å²) in [5.74, 6) is -1.53. The minimum atomic E-state index is -4.47. The van der Waals surface area contributed by atoms with Crippen molar-refractivity contribution < 1.29 is 27.9 Å². The molecule has 26 heavy (non-hydrogen) atoms. The zero-order valence-corrected chi connectivity index (χ0v) is 14.2. The lowest BCUT2D eigenvalue weighted by molar-refractivity contribution is -0.138. The van der Waals surface area contributed by atoms with Crippen LogP contribution in [-0.2, 0) is 22.3 Å². The van der Waals surface area contributed by atoms with Gasteiger partial charge in [0.15, 0.2) is 0 Å². The molecule has 0 fully saturated rings. The number of carboxylic acid groups (broad SMARTS) is 1. The van der Waals surface area contributed by atoms with E-state index in [4.69, 9.17) is 5.11 Å². The monoisotopic (exact) mass is 381 g/mol. The highest BCUT2D eigenvalue weighted by molar-refractivity contribution is 8.01. The highest BCUT2D eigenvalue weighted by Crippen LogP contribution is 2.41. The molecule has 1 aliphatic heterocycles. The summed E-state index contributed by atoms with van der Waals surface area (Å²) >= 11 is 1.16. The van der Waals surface area contributed by atoms with Crippen molar-refractivity contribution in [1.82, 2.24) is 0 Å². The Morgan fingerprint density at radius 1 is 1.15 bits per heavy atom. The molecule has 1 atom stereocenters. The third-order valence-electron chi connectivity index (χ3n) is 3.92. The predicted molar refractivity (Wildman–Crippen MR) is 91.0 cm³/mol. The van der Waals surface area contributed by atoms with Gasteiger partial charge in [0.1, 0.15) is 0 Å². The van der Waals surface area contributed by atoms with Crippen molar-refractivity contribution in [3.05, 3.63) is 59.7 Å². The van der Waals surface area contributed by atoms with Gasteiger partial charge < -0.3 is 10.0 Å². The van der Waals surface area contributed by atoms with Crippen molar-refractivity contribution in [1.29, 1.82) is 0 Å². The highest BCUT2D eigenvalue weighted by atomic mass is 32.2. The SMILES string of the molecule is O=C(O)CC1Sc2ccccc2N(Cc2cccc(C(F)(F)F)c2)C1=O. The number of nitrogens with zero attached hydrogens (tertiary/aromatic N) is 1. The third-order valence-corrected chi connectivity index (χ3v) is 5.17. The number of fused-ring (bicyclic) bond motifs is 1. The van der Waals surface area contributed by atoms with Gasteiger partial charge in [-0.25, -0.2) is 0 Å². The van der Waals surface area contributed by atoms with E-state index in [1.807, 2.05) is 0 Å². The topological polar surface area (TPSA) is 57.6 Å². The molecule has 3 rings (SSSR count). The first-order chi connectivity index (χ1) is 12.3. The Labute approximate surface area is 151 Å². The van der Waals surface area contributed by atoms with Gasteiger partial charge in [-0.05, 0) is 29.8 Å². The molecule has 2 aromatic rings. The molecule has 136 valence electrons. The van der Waals surface area contributed by atoms with Gasteiger partial charge in [0.2, 0.25) is 5.91 Å². The van der Waals surface area contributed by atoms with Crippen molar-refractivity contribution >= 4 is 29.3 Å². The molecule has 0 saturated carbocycles. The zero-order valence-electron chi connectivity index (χ0n) is 13.4. The van der Waals surface area contributed by atoms with Crippen LogP contribution in [-0.4, -0.2) is 22.2 Å². The van der Waals surface area contributed by atoms with Crippen molar-refractivity contribution in [2.75, 3.05) is 4.90 Å². The second-order valence-corrected chi connectivity index (χ2v) is 7.04. The zero-order chi connectivity index (χ0) is 18.9. The number of para-hydroxylation sites is 1. The first kappa shape index (κ1) is 18.3. The second kappa shape index (κ2) is 7.03. The van der Waals surface area contributed by atoms with Crippen LogP contribution in [0.3, 0.4) is 0 Å². The van der Waals surface area contributed by atoms with E-state index in [0.29, 0.717) is 11.3 Å². The fraction of sp³-hybridized carbons (Fsp3) is 0.222. The summed E-state index contributed by atoms with van der Waals surface area (Å²) < 4.78 is 38.8. The molecule has 2 aromatic carbocycles. The van der Waals surface area contributed by atoms with Crippen LogP contribution in [0.4, 0.5) is 18.9 Å². The van der Waals surface area contributed by atoms with E-state index in [0.717, 1.165) is 28.8 Å². The number of anilines is 1.